The van der Waals surface area contributed by atoms with Crippen LogP contribution in [0.25, 0.3) is 0 Å². The third-order valence-corrected chi connectivity index (χ3v) is 7.58. The standard InChI is InChI=1S/C23H29N5O3S/c1-26-19-8-10-27(20(29)12-17-5-3-11-32-17)14-18(19)21(25-26)23(31)28-9-2-4-15(13-28)22(30)24-16-6-7-16/h3,5,11,15-16H,2,4,6-10,12-14H2,1H3,(H,24,30)/t15-/m0/s1. The molecule has 0 aromatic carbocycles. The normalized spacial score (nSPS) is 20.7. The summed E-state index contributed by atoms with van der Waals surface area (Å²) in [6, 6.07) is 4.26. The van der Waals surface area contributed by atoms with Crippen molar-refractivity contribution in [3.8, 4) is 0 Å². The number of hydrogen-bond acceptors (Lipinski definition) is 5. The average Bonchev–Trinajstić information content (AvgIpc) is 3.35. The van der Waals surface area contributed by atoms with Gasteiger partial charge in [0.2, 0.25) is 11.8 Å². The minimum atomic E-state index is -0.156. The number of aryl methyl sites for hydroxylation is 1. The lowest BCUT2D eigenvalue weighted by atomic mass is 9.96. The van der Waals surface area contributed by atoms with Crippen LogP contribution < -0.4 is 5.32 Å². The molecule has 1 aliphatic carbocycles. The van der Waals surface area contributed by atoms with Gasteiger partial charge in [0.05, 0.1) is 12.3 Å². The molecule has 0 radical (unpaired) electrons. The number of rotatable bonds is 5. The smallest absolute Gasteiger partial charge is 0.274 e. The molecule has 0 unspecified atom stereocenters. The first-order chi connectivity index (χ1) is 15.5. The molecule has 170 valence electrons. The summed E-state index contributed by atoms with van der Waals surface area (Å²) in [6.45, 7) is 2.12. The molecule has 0 bridgehead atoms. The van der Waals surface area contributed by atoms with Gasteiger partial charge in [-0.2, -0.15) is 5.10 Å². The molecule has 1 atom stereocenters. The Balaban J connectivity index is 1.30. The van der Waals surface area contributed by atoms with E-state index in [1.54, 1.807) is 20.9 Å². The highest BCUT2D eigenvalue weighted by molar-refractivity contribution is 7.10. The maximum absolute atomic E-state index is 13.4. The summed E-state index contributed by atoms with van der Waals surface area (Å²) in [7, 11) is 1.86. The zero-order valence-corrected chi connectivity index (χ0v) is 19.2. The van der Waals surface area contributed by atoms with Crippen LogP contribution in [0.2, 0.25) is 0 Å². The molecule has 2 aliphatic heterocycles. The molecule has 1 saturated heterocycles. The van der Waals surface area contributed by atoms with Gasteiger partial charge < -0.3 is 15.1 Å². The van der Waals surface area contributed by atoms with Crippen LogP contribution in [0.5, 0.6) is 0 Å². The fourth-order valence-electron chi connectivity index (χ4n) is 4.72. The van der Waals surface area contributed by atoms with Crippen molar-refractivity contribution in [3.05, 3.63) is 39.3 Å². The van der Waals surface area contributed by atoms with Gasteiger partial charge in [-0.25, -0.2) is 0 Å². The third kappa shape index (κ3) is 4.30. The van der Waals surface area contributed by atoms with Gasteiger partial charge in [0.1, 0.15) is 0 Å². The molecule has 32 heavy (non-hydrogen) atoms. The van der Waals surface area contributed by atoms with Gasteiger partial charge in [-0.1, -0.05) is 6.07 Å². The Morgan fingerprint density at radius 2 is 2.03 bits per heavy atom. The van der Waals surface area contributed by atoms with Gasteiger partial charge in [0.25, 0.3) is 5.91 Å². The summed E-state index contributed by atoms with van der Waals surface area (Å²) >= 11 is 1.58. The van der Waals surface area contributed by atoms with Crippen LogP contribution in [-0.4, -0.2) is 63.0 Å². The molecule has 2 aromatic rings. The van der Waals surface area contributed by atoms with Crippen molar-refractivity contribution in [2.75, 3.05) is 19.6 Å². The van der Waals surface area contributed by atoms with E-state index >= 15 is 0 Å². The van der Waals surface area contributed by atoms with Crippen molar-refractivity contribution in [1.29, 1.82) is 0 Å². The summed E-state index contributed by atoms with van der Waals surface area (Å²) < 4.78 is 1.78. The zero-order chi connectivity index (χ0) is 22.2. The highest BCUT2D eigenvalue weighted by atomic mass is 32.1. The molecule has 2 aromatic heterocycles. The molecule has 0 spiro atoms. The Kier molecular flexibility index (Phi) is 5.75. The highest BCUT2D eigenvalue weighted by Gasteiger charge is 2.35. The summed E-state index contributed by atoms with van der Waals surface area (Å²) in [5.74, 6) is -0.136. The van der Waals surface area contributed by atoms with Crippen molar-refractivity contribution < 1.29 is 14.4 Å². The SMILES string of the molecule is Cn1nc(C(=O)N2CCC[C@H](C(=O)NC3CC3)C2)c2c1CCN(C(=O)Cc1cccs1)C2. The van der Waals surface area contributed by atoms with Crippen molar-refractivity contribution in [1.82, 2.24) is 24.9 Å². The summed E-state index contributed by atoms with van der Waals surface area (Å²) in [4.78, 5) is 43.5. The van der Waals surface area contributed by atoms with E-state index in [4.69, 9.17) is 0 Å². The van der Waals surface area contributed by atoms with Crippen LogP contribution in [-0.2, 0) is 36.0 Å². The van der Waals surface area contributed by atoms with E-state index in [0.717, 1.165) is 41.8 Å². The molecule has 2 fully saturated rings. The molecule has 8 nitrogen and oxygen atoms in total. The van der Waals surface area contributed by atoms with Gasteiger partial charge in [-0.05, 0) is 37.1 Å². The number of piperidine rings is 1. The Bertz CT molecular complexity index is 1030. The maximum Gasteiger partial charge on any atom is 0.274 e. The van der Waals surface area contributed by atoms with Gasteiger partial charge >= 0.3 is 0 Å². The number of amides is 3. The van der Waals surface area contributed by atoms with Crippen LogP contribution in [0.1, 0.15) is 52.3 Å². The second-order valence-electron chi connectivity index (χ2n) is 9.09. The molecule has 1 saturated carbocycles. The number of carbonyl (C=O) groups is 3. The van der Waals surface area contributed by atoms with E-state index in [1.807, 2.05) is 29.5 Å². The van der Waals surface area contributed by atoms with Gasteiger partial charge in [-0.3, -0.25) is 19.1 Å². The van der Waals surface area contributed by atoms with Gasteiger partial charge in [0.15, 0.2) is 5.69 Å². The first-order valence-electron chi connectivity index (χ1n) is 11.4. The van der Waals surface area contributed by atoms with Gasteiger partial charge in [0, 0.05) is 61.8 Å². The summed E-state index contributed by atoms with van der Waals surface area (Å²) in [5.41, 5.74) is 2.31. The molecule has 3 aliphatic rings. The predicted molar refractivity (Wildman–Crippen MR) is 120 cm³/mol. The third-order valence-electron chi connectivity index (χ3n) is 6.71. The van der Waals surface area contributed by atoms with E-state index in [9.17, 15) is 14.4 Å². The van der Waals surface area contributed by atoms with Crippen LogP contribution in [0.4, 0.5) is 0 Å². The number of nitrogens with one attached hydrogen (secondary N) is 1. The molecule has 3 amide bonds. The molecular weight excluding hydrogens is 426 g/mol. The fraction of sp³-hybridized carbons (Fsp3) is 0.565. The Morgan fingerprint density at radius 3 is 2.78 bits per heavy atom. The number of thiophene rings is 1. The number of nitrogens with zero attached hydrogens (tertiary/aromatic N) is 4. The van der Waals surface area contributed by atoms with Crippen LogP contribution in [0, 0.1) is 5.92 Å². The maximum atomic E-state index is 13.4. The van der Waals surface area contributed by atoms with Crippen LogP contribution in [0.3, 0.4) is 0 Å². The topological polar surface area (TPSA) is 87.5 Å². The Hall–Kier alpha value is -2.68. The monoisotopic (exact) mass is 455 g/mol. The number of carbonyl (C=O) groups excluding carboxylic acids is 3. The van der Waals surface area contributed by atoms with Crippen molar-refractivity contribution in [2.24, 2.45) is 13.0 Å². The minimum Gasteiger partial charge on any atom is -0.353 e. The summed E-state index contributed by atoms with van der Waals surface area (Å²) in [5, 5.41) is 9.61. The number of likely N-dealkylation sites (tertiary alicyclic amines) is 1. The molecule has 5 rings (SSSR count). The van der Waals surface area contributed by atoms with Crippen molar-refractivity contribution >= 4 is 29.1 Å². The first-order valence-corrected chi connectivity index (χ1v) is 12.3. The lowest BCUT2D eigenvalue weighted by molar-refractivity contribution is -0.131. The molecule has 1 N–H and O–H groups in total. The van der Waals surface area contributed by atoms with E-state index in [0.29, 0.717) is 50.8 Å². The Labute approximate surface area is 191 Å². The minimum absolute atomic E-state index is 0.0680. The van der Waals surface area contributed by atoms with E-state index in [1.165, 1.54) is 0 Å². The zero-order valence-electron chi connectivity index (χ0n) is 18.4. The van der Waals surface area contributed by atoms with Crippen LogP contribution in [0.15, 0.2) is 17.5 Å². The molecular formula is C23H29N5O3S. The number of aromatic nitrogens is 2. The second kappa shape index (κ2) is 8.69. The van der Waals surface area contributed by atoms with Gasteiger partial charge in [-0.15, -0.1) is 11.3 Å². The quantitative estimate of drug-likeness (QED) is 0.744. The average molecular weight is 456 g/mol. The van der Waals surface area contributed by atoms with E-state index in [2.05, 4.69) is 10.4 Å². The largest absolute Gasteiger partial charge is 0.353 e. The predicted octanol–water partition coefficient (Wildman–Crippen LogP) is 1.74. The lowest BCUT2D eigenvalue weighted by Crippen LogP contribution is -2.46. The van der Waals surface area contributed by atoms with E-state index < -0.39 is 0 Å². The Morgan fingerprint density at radius 1 is 1.19 bits per heavy atom. The highest BCUT2D eigenvalue weighted by Crippen LogP contribution is 2.27. The molecule has 4 heterocycles. The van der Waals surface area contributed by atoms with Crippen molar-refractivity contribution in [2.45, 2.75) is 51.1 Å². The number of hydrogen-bond donors (Lipinski definition) is 1. The lowest BCUT2D eigenvalue weighted by Gasteiger charge is -2.32. The summed E-state index contributed by atoms with van der Waals surface area (Å²) in [6.07, 6.45) is 4.82. The van der Waals surface area contributed by atoms with Crippen molar-refractivity contribution in [3.63, 3.8) is 0 Å². The number of fused-ring (bicyclic) bond motifs is 1. The first kappa shape index (κ1) is 21.2. The molecule has 9 heteroatoms. The second-order valence-corrected chi connectivity index (χ2v) is 10.1. The van der Waals surface area contributed by atoms with Crippen LogP contribution >= 0.6 is 11.3 Å². The fourth-order valence-corrected chi connectivity index (χ4v) is 5.42. The van der Waals surface area contributed by atoms with E-state index in [-0.39, 0.29) is 23.6 Å².